The maximum absolute atomic E-state index is 13.8. The first-order chi connectivity index (χ1) is 17.9. The quantitative estimate of drug-likeness (QED) is 0.492. The van der Waals surface area contributed by atoms with Gasteiger partial charge in [0.1, 0.15) is 18.2 Å². The zero-order chi connectivity index (χ0) is 25.9. The predicted octanol–water partition coefficient (Wildman–Crippen LogP) is 2.65. The molecular weight excluding hydrogens is 481 g/mol. The summed E-state index contributed by atoms with van der Waals surface area (Å²) < 4.78 is 25.4. The lowest BCUT2D eigenvalue weighted by Crippen LogP contribution is -2.49. The summed E-state index contributed by atoms with van der Waals surface area (Å²) in [6.07, 6.45) is 2.02. The lowest BCUT2D eigenvalue weighted by molar-refractivity contribution is -0.134. The van der Waals surface area contributed by atoms with Crippen LogP contribution in [0, 0.1) is 11.7 Å². The minimum Gasteiger partial charge on any atom is -0.491 e. The molecule has 2 heterocycles. The lowest BCUT2D eigenvalue weighted by atomic mass is 9.98. The number of ether oxygens (including phenoxy) is 2. The molecule has 0 spiro atoms. The molecule has 1 saturated carbocycles. The van der Waals surface area contributed by atoms with Crippen molar-refractivity contribution < 1.29 is 28.2 Å². The summed E-state index contributed by atoms with van der Waals surface area (Å²) in [6.45, 7) is 1.01. The van der Waals surface area contributed by atoms with Crippen molar-refractivity contribution in [3.63, 3.8) is 0 Å². The summed E-state index contributed by atoms with van der Waals surface area (Å²) in [5.74, 6) is 0.287. The fourth-order valence-electron chi connectivity index (χ4n) is 4.83. The lowest BCUT2D eigenvalue weighted by Gasteiger charge is -2.30. The fourth-order valence-corrected chi connectivity index (χ4v) is 4.83. The average Bonchev–Trinajstić information content (AvgIpc) is 3.74. The first-order valence-corrected chi connectivity index (χ1v) is 12.4. The second kappa shape index (κ2) is 10.6. The number of hydrogen-bond donors (Lipinski definition) is 4. The Labute approximate surface area is 213 Å². The van der Waals surface area contributed by atoms with Crippen LogP contribution in [0.3, 0.4) is 0 Å². The molecule has 5 rings (SSSR count). The van der Waals surface area contributed by atoms with E-state index in [4.69, 9.17) is 9.47 Å². The van der Waals surface area contributed by atoms with Crippen molar-refractivity contribution in [1.29, 1.82) is 0 Å². The Morgan fingerprint density at radius 2 is 1.89 bits per heavy atom. The van der Waals surface area contributed by atoms with Gasteiger partial charge in [-0.1, -0.05) is 6.07 Å². The molecule has 10 nitrogen and oxygen atoms in total. The van der Waals surface area contributed by atoms with Gasteiger partial charge in [-0.05, 0) is 60.2 Å². The average molecular weight is 512 g/mol. The van der Waals surface area contributed by atoms with Crippen LogP contribution < -0.4 is 26.0 Å². The number of carbonyl (C=O) groups excluding carboxylic acids is 3. The van der Waals surface area contributed by atoms with Gasteiger partial charge < -0.3 is 35.6 Å². The highest BCUT2D eigenvalue weighted by molar-refractivity contribution is 5.89. The van der Waals surface area contributed by atoms with E-state index in [1.54, 1.807) is 23.1 Å². The van der Waals surface area contributed by atoms with Crippen molar-refractivity contribution in [3.8, 4) is 5.75 Å². The summed E-state index contributed by atoms with van der Waals surface area (Å²) >= 11 is 0. The summed E-state index contributed by atoms with van der Waals surface area (Å²) in [7, 11) is 1.53. The van der Waals surface area contributed by atoms with Crippen LogP contribution in [0.1, 0.15) is 35.6 Å². The van der Waals surface area contributed by atoms with Crippen LogP contribution in [0.2, 0.25) is 0 Å². The Kier molecular flexibility index (Phi) is 7.13. The number of halogens is 1. The molecule has 0 unspecified atom stereocenters. The first-order valence-electron chi connectivity index (χ1n) is 12.4. The van der Waals surface area contributed by atoms with E-state index in [0.717, 1.165) is 24.0 Å². The van der Waals surface area contributed by atoms with Crippen molar-refractivity contribution in [2.75, 3.05) is 32.1 Å². The Balaban J connectivity index is 1.21. The third-order valence-corrected chi connectivity index (χ3v) is 6.91. The number of nitrogens with zero attached hydrogens (tertiary/aromatic N) is 1. The van der Waals surface area contributed by atoms with Gasteiger partial charge in [-0.15, -0.1) is 0 Å². The second-order valence-corrected chi connectivity index (χ2v) is 9.50. The predicted molar refractivity (Wildman–Crippen MR) is 132 cm³/mol. The second-order valence-electron chi connectivity index (χ2n) is 9.50. The molecule has 1 aliphatic carbocycles. The van der Waals surface area contributed by atoms with Crippen LogP contribution in [0.4, 0.5) is 19.7 Å². The van der Waals surface area contributed by atoms with E-state index >= 15 is 0 Å². The molecule has 0 radical (unpaired) electrons. The van der Waals surface area contributed by atoms with E-state index in [2.05, 4.69) is 21.3 Å². The van der Waals surface area contributed by atoms with Gasteiger partial charge >= 0.3 is 12.1 Å². The molecule has 4 N–H and O–H groups in total. The number of amides is 5. The molecule has 0 aromatic heterocycles. The van der Waals surface area contributed by atoms with Crippen LogP contribution in [0.5, 0.6) is 5.75 Å². The minimum absolute atomic E-state index is 0.121. The van der Waals surface area contributed by atoms with Gasteiger partial charge in [0.05, 0.1) is 31.8 Å². The molecule has 2 aromatic rings. The molecule has 2 aromatic carbocycles. The van der Waals surface area contributed by atoms with E-state index in [9.17, 15) is 18.8 Å². The Bertz CT molecular complexity index is 1200. The summed E-state index contributed by atoms with van der Waals surface area (Å²) in [4.78, 5) is 39.2. The van der Waals surface area contributed by atoms with Crippen molar-refractivity contribution in [3.05, 3.63) is 58.9 Å². The molecule has 11 heteroatoms. The van der Waals surface area contributed by atoms with Crippen LogP contribution in [-0.2, 0) is 22.7 Å². The Morgan fingerprint density at radius 1 is 1.05 bits per heavy atom. The Morgan fingerprint density at radius 3 is 2.68 bits per heavy atom. The van der Waals surface area contributed by atoms with Gasteiger partial charge in [0, 0.05) is 24.8 Å². The molecule has 5 amide bonds. The molecule has 1 fully saturated rings. The molecular formula is C26H30FN5O5. The number of nitrogens with one attached hydrogen (secondary N) is 4. The van der Waals surface area contributed by atoms with Gasteiger partial charge in [0.25, 0.3) is 0 Å². The van der Waals surface area contributed by atoms with Crippen LogP contribution in [0.15, 0.2) is 36.4 Å². The topological polar surface area (TPSA) is 121 Å². The Hall–Kier alpha value is -3.86. The largest absolute Gasteiger partial charge is 0.491 e. The van der Waals surface area contributed by atoms with Crippen LogP contribution in [-0.4, -0.2) is 55.7 Å². The zero-order valence-corrected chi connectivity index (χ0v) is 20.5. The van der Waals surface area contributed by atoms with Crippen molar-refractivity contribution in [1.82, 2.24) is 20.9 Å². The van der Waals surface area contributed by atoms with Crippen molar-refractivity contribution >= 4 is 23.7 Å². The monoisotopic (exact) mass is 511 g/mol. The molecule has 196 valence electrons. The summed E-state index contributed by atoms with van der Waals surface area (Å²) in [5.41, 5.74) is 2.96. The number of urea groups is 2. The minimum atomic E-state index is -0.497. The van der Waals surface area contributed by atoms with E-state index < -0.39 is 12.1 Å². The van der Waals surface area contributed by atoms with E-state index in [1.165, 1.54) is 19.2 Å². The number of benzene rings is 2. The number of hydrogen-bond acceptors (Lipinski definition) is 5. The van der Waals surface area contributed by atoms with Crippen LogP contribution in [0.25, 0.3) is 0 Å². The zero-order valence-electron chi connectivity index (χ0n) is 20.5. The summed E-state index contributed by atoms with van der Waals surface area (Å²) in [6, 6.07) is 8.38. The molecule has 2 aliphatic heterocycles. The first kappa shape index (κ1) is 24.8. The SMILES string of the molecule is CNC(=O)Nc1ccc2c(c1)COC[C@@H]2NC(=O)NCC(=O)N1Cc2cc(F)ccc2OC[C@H]1C1CC1. The number of fused-ring (bicyclic) bond motifs is 2. The van der Waals surface area contributed by atoms with Crippen LogP contribution >= 0.6 is 0 Å². The molecule has 37 heavy (non-hydrogen) atoms. The maximum Gasteiger partial charge on any atom is 0.318 e. The maximum atomic E-state index is 13.8. The van der Waals surface area contributed by atoms with Gasteiger partial charge in [0.15, 0.2) is 0 Å². The van der Waals surface area contributed by atoms with E-state index in [1.807, 2.05) is 6.07 Å². The van der Waals surface area contributed by atoms with Gasteiger partial charge in [0.2, 0.25) is 5.91 Å². The highest BCUT2D eigenvalue weighted by atomic mass is 19.1. The highest BCUT2D eigenvalue weighted by Gasteiger charge is 2.39. The highest BCUT2D eigenvalue weighted by Crippen LogP contribution is 2.38. The standard InChI is InChI=1S/C26H30FN5O5/c1-28-25(34)30-19-5-6-20-17(9-19)12-36-13-21(20)31-26(35)29-10-24(33)32-11-16-8-18(27)4-7-23(16)37-14-22(32)15-2-3-15/h4-9,15,21-22H,2-3,10-14H2,1H3,(H2,28,30,34)(H2,29,31,35)/t21-,22-/m0/s1. The number of carbonyl (C=O) groups is 3. The van der Waals surface area contributed by atoms with Gasteiger partial charge in [-0.2, -0.15) is 0 Å². The number of anilines is 1. The number of rotatable bonds is 5. The smallest absolute Gasteiger partial charge is 0.318 e. The molecule has 0 saturated heterocycles. The third-order valence-electron chi connectivity index (χ3n) is 6.91. The van der Waals surface area contributed by atoms with E-state index in [-0.39, 0.29) is 43.5 Å². The van der Waals surface area contributed by atoms with E-state index in [0.29, 0.717) is 36.1 Å². The van der Waals surface area contributed by atoms with Gasteiger partial charge in [-0.25, -0.2) is 14.0 Å². The summed E-state index contributed by atoms with van der Waals surface area (Å²) in [5, 5.41) is 10.7. The molecule has 3 aliphatic rings. The normalized spacial score (nSPS) is 20.4. The van der Waals surface area contributed by atoms with Gasteiger partial charge in [-0.3, -0.25) is 4.79 Å². The van der Waals surface area contributed by atoms with Crippen molar-refractivity contribution in [2.45, 2.75) is 38.1 Å². The molecule has 2 atom stereocenters. The third kappa shape index (κ3) is 5.77. The van der Waals surface area contributed by atoms with Crippen molar-refractivity contribution in [2.24, 2.45) is 5.92 Å². The molecule has 0 bridgehead atoms. The fraction of sp³-hybridized carbons (Fsp3) is 0.423.